The fraction of sp³-hybridized carbons (Fsp3) is 0.545. The van der Waals surface area contributed by atoms with Crippen LogP contribution in [0.4, 0.5) is 0 Å². The van der Waals surface area contributed by atoms with E-state index in [0.29, 0.717) is 10.9 Å². The highest BCUT2D eigenvalue weighted by atomic mass is 32.1. The minimum atomic E-state index is -0.820. The van der Waals surface area contributed by atoms with Gasteiger partial charge in [-0.3, -0.25) is 4.90 Å². The van der Waals surface area contributed by atoms with Crippen LogP contribution in [0, 0.1) is 0 Å². The van der Waals surface area contributed by atoms with E-state index in [1.165, 1.54) is 11.3 Å². The molecule has 3 nitrogen and oxygen atoms in total. The SMILES string of the molecule is CCN(Cc1ccsc1C(=O)O)C(C)C. The second kappa shape index (κ2) is 5.28. The van der Waals surface area contributed by atoms with Gasteiger partial charge in [0.15, 0.2) is 0 Å². The molecule has 1 heterocycles. The largest absolute Gasteiger partial charge is 0.477 e. The first-order valence-corrected chi connectivity index (χ1v) is 5.98. The molecule has 1 rings (SSSR count). The van der Waals surface area contributed by atoms with Gasteiger partial charge in [-0.1, -0.05) is 6.92 Å². The van der Waals surface area contributed by atoms with Gasteiger partial charge < -0.3 is 5.11 Å². The lowest BCUT2D eigenvalue weighted by Gasteiger charge is -2.24. The van der Waals surface area contributed by atoms with E-state index in [2.05, 4.69) is 25.7 Å². The molecule has 4 heteroatoms. The third-order valence-corrected chi connectivity index (χ3v) is 3.40. The van der Waals surface area contributed by atoms with Gasteiger partial charge in [0.2, 0.25) is 0 Å². The first-order chi connectivity index (χ1) is 7.06. The zero-order chi connectivity index (χ0) is 11.4. The summed E-state index contributed by atoms with van der Waals surface area (Å²) in [5.74, 6) is -0.820. The molecule has 0 aliphatic heterocycles. The number of hydrogen-bond donors (Lipinski definition) is 1. The van der Waals surface area contributed by atoms with Crippen LogP contribution in [0.15, 0.2) is 11.4 Å². The van der Waals surface area contributed by atoms with Gasteiger partial charge in [0.05, 0.1) is 0 Å². The second-order valence-corrected chi connectivity index (χ2v) is 4.65. The maximum absolute atomic E-state index is 10.9. The number of aromatic carboxylic acids is 1. The van der Waals surface area contributed by atoms with Crippen LogP contribution in [0.25, 0.3) is 0 Å². The Balaban J connectivity index is 2.79. The van der Waals surface area contributed by atoms with Crippen molar-refractivity contribution in [1.82, 2.24) is 4.90 Å². The van der Waals surface area contributed by atoms with E-state index in [9.17, 15) is 4.79 Å². The van der Waals surface area contributed by atoms with E-state index < -0.39 is 5.97 Å². The molecule has 0 saturated carbocycles. The van der Waals surface area contributed by atoms with Crippen molar-refractivity contribution in [2.75, 3.05) is 6.54 Å². The smallest absolute Gasteiger partial charge is 0.346 e. The van der Waals surface area contributed by atoms with Crippen LogP contribution in [-0.2, 0) is 6.54 Å². The van der Waals surface area contributed by atoms with Crippen molar-refractivity contribution in [3.05, 3.63) is 21.9 Å². The highest BCUT2D eigenvalue weighted by Gasteiger charge is 2.15. The van der Waals surface area contributed by atoms with E-state index in [1.807, 2.05) is 11.4 Å². The Morgan fingerprint density at radius 3 is 2.73 bits per heavy atom. The lowest BCUT2D eigenvalue weighted by Crippen LogP contribution is -2.30. The summed E-state index contributed by atoms with van der Waals surface area (Å²) in [4.78, 5) is 13.6. The van der Waals surface area contributed by atoms with Crippen molar-refractivity contribution in [2.45, 2.75) is 33.4 Å². The first-order valence-electron chi connectivity index (χ1n) is 5.10. The molecule has 0 saturated heterocycles. The molecular weight excluding hydrogens is 210 g/mol. The summed E-state index contributed by atoms with van der Waals surface area (Å²) in [5, 5.41) is 10.8. The van der Waals surface area contributed by atoms with Gasteiger partial charge in [-0.05, 0) is 37.4 Å². The third-order valence-electron chi connectivity index (χ3n) is 2.45. The molecule has 84 valence electrons. The highest BCUT2D eigenvalue weighted by molar-refractivity contribution is 7.12. The molecule has 0 radical (unpaired) electrons. The van der Waals surface area contributed by atoms with E-state index >= 15 is 0 Å². The molecule has 0 bridgehead atoms. The Bertz CT molecular complexity index is 333. The molecule has 0 spiro atoms. The van der Waals surface area contributed by atoms with Crippen LogP contribution in [0.3, 0.4) is 0 Å². The lowest BCUT2D eigenvalue weighted by molar-refractivity contribution is 0.0699. The summed E-state index contributed by atoms with van der Waals surface area (Å²) < 4.78 is 0. The summed E-state index contributed by atoms with van der Waals surface area (Å²) >= 11 is 1.30. The Morgan fingerprint density at radius 1 is 1.60 bits per heavy atom. The van der Waals surface area contributed by atoms with Gasteiger partial charge in [0.1, 0.15) is 4.88 Å². The molecule has 15 heavy (non-hydrogen) atoms. The Morgan fingerprint density at radius 2 is 2.27 bits per heavy atom. The number of hydrogen-bond acceptors (Lipinski definition) is 3. The molecule has 0 fully saturated rings. The summed E-state index contributed by atoms with van der Waals surface area (Å²) in [5.41, 5.74) is 0.919. The van der Waals surface area contributed by atoms with Crippen LogP contribution in [0.1, 0.15) is 36.0 Å². The zero-order valence-corrected chi connectivity index (χ0v) is 10.2. The number of thiophene rings is 1. The van der Waals surface area contributed by atoms with Crippen LogP contribution < -0.4 is 0 Å². The maximum atomic E-state index is 10.9. The molecule has 1 aromatic heterocycles. The number of nitrogens with zero attached hydrogens (tertiary/aromatic N) is 1. The topological polar surface area (TPSA) is 40.5 Å². The Hall–Kier alpha value is -0.870. The number of carboxylic acids is 1. The zero-order valence-electron chi connectivity index (χ0n) is 9.36. The summed E-state index contributed by atoms with van der Waals surface area (Å²) in [6, 6.07) is 2.34. The van der Waals surface area contributed by atoms with Gasteiger partial charge in [-0.15, -0.1) is 11.3 Å². The number of rotatable bonds is 5. The average molecular weight is 227 g/mol. The minimum Gasteiger partial charge on any atom is -0.477 e. The summed E-state index contributed by atoms with van der Waals surface area (Å²) in [6.07, 6.45) is 0. The normalized spacial score (nSPS) is 11.3. The summed E-state index contributed by atoms with van der Waals surface area (Å²) in [7, 11) is 0. The van der Waals surface area contributed by atoms with Crippen molar-refractivity contribution in [3.63, 3.8) is 0 Å². The Labute approximate surface area is 94.3 Å². The van der Waals surface area contributed by atoms with E-state index in [-0.39, 0.29) is 0 Å². The maximum Gasteiger partial charge on any atom is 0.346 e. The quantitative estimate of drug-likeness (QED) is 0.840. The van der Waals surface area contributed by atoms with Gasteiger partial charge in [-0.25, -0.2) is 4.79 Å². The predicted octanol–water partition coefficient (Wildman–Crippen LogP) is 2.68. The van der Waals surface area contributed by atoms with Gasteiger partial charge in [0.25, 0.3) is 0 Å². The highest BCUT2D eigenvalue weighted by Crippen LogP contribution is 2.19. The van der Waals surface area contributed by atoms with Crippen molar-refractivity contribution >= 4 is 17.3 Å². The number of carboxylic acid groups (broad SMARTS) is 1. The van der Waals surface area contributed by atoms with Crippen LogP contribution in [0.5, 0.6) is 0 Å². The first kappa shape index (κ1) is 12.2. The fourth-order valence-corrected chi connectivity index (χ4v) is 2.28. The van der Waals surface area contributed by atoms with Gasteiger partial charge >= 0.3 is 5.97 Å². The fourth-order valence-electron chi connectivity index (χ4n) is 1.53. The van der Waals surface area contributed by atoms with Crippen LogP contribution in [-0.4, -0.2) is 28.6 Å². The van der Waals surface area contributed by atoms with E-state index in [4.69, 9.17) is 5.11 Å². The van der Waals surface area contributed by atoms with Crippen molar-refractivity contribution in [1.29, 1.82) is 0 Å². The van der Waals surface area contributed by atoms with Crippen LogP contribution >= 0.6 is 11.3 Å². The number of carbonyl (C=O) groups is 1. The van der Waals surface area contributed by atoms with Crippen LogP contribution in [0.2, 0.25) is 0 Å². The Kier molecular flexibility index (Phi) is 4.29. The monoisotopic (exact) mass is 227 g/mol. The standard InChI is InChI=1S/C11H17NO2S/c1-4-12(8(2)3)7-9-5-6-15-10(9)11(13)14/h5-6,8H,4,7H2,1-3H3,(H,13,14). The second-order valence-electron chi connectivity index (χ2n) is 3.74. The molecule has 1 N–H and O–H groups in total. The van der Waals surface area contributed by atoms with Crippen molar-refractivity contribution in [2.24, 2.45) is 0 Å². The molecule has 0 aliphatic carbocycles. The van der Waals surface area contributed by atoms with Crippen molar-refractivity contribution in [3.8, 4) is 0 Å². The molecule has 0 amide bonds. The van der Waals surface area contributed by atoms with Crippen molar-refractivity contribution < 1.29 is 9.90 Å². The molecule has 1 aromatic rings. The minimum absolute atomic E-state index is 0.441. The molecule has 0 unspecified atom stereocenters. The molecule has 0 aromatic carbocycles. The third kappa shape index (κ3) is 3.04. The molecule has 0 atom stereocenters. The van der Waals surface area contributed by atoms with E-state index in [0.717, 1.165) is 18.7 Å². The van der Waals surface area contributed by atoms with E-state index in [1.54, 1.807) is 0 Å². The van der Waals surface area contributed by atoms with Gasteiger partial charge in [0, 0.05) is 12.6 Å². The molecular formula is C11H17NO2S. The molecule has 0 aliphatic rings. The lowest BCUT2D eigenvalue weighted by atomic mass is 10.2. The predicted molar refractivity (Wildman–Crippen MR) is 62.5 cm³/mol. The average Bonchev–Trinajstić information content (AvgIpc) is 2.61. The summed E-state index contributed by atoms with van der Waals surface area (Å²) in [6.45, 7) is 7.99. The van der Waals surface area contributed by atoms with Gasteiger partial charge in [-0.2, -0.15) is 0 Å².